The first kappa shape index (κ1) is 18.0. The van der Waals surface area contributed by atoms with Gasteiger partial charge in [0, 0.05) is 32.7 Å². The van der Waals surface area contributed by atoms with Crippen molar-refractivity contribution < 1.29 is 4.79 Å². The lowest BCUT2D eigenvalue weighted by Gasteiger charge is -2.36. The summed E-state index contributed by atoms with van der Waals surface area (Å²) in [5, 5.41) is 0. The van der Waals surface area contributed by atoms with E-state index in [2.05, 4.69) is 4.90 Å². The summed E-state index contributed by atoms with van der Waals surface area (Å²) in [5.41, 5.74) is 6.20. The van der Waals surface area contributed by atoms with Crippen molar-refractivity contribution in [1.82, 2.24) is 9.80 Å². The highest BCUT2D eigenvalue weighted by atomic mass is 35.5. The molecule has 1 amide bonds. The third kappa shape index (κ3) is 5.10. The lowest BCUT2D eigenvalue weighted by molar-refractivity contribution is -0.134. The van der Waals surface area contributed by atoms with Crippen LogP contribution >= 0.6 is 12.4 Å². The summed E-state index contributed by atoms with van der Waals surface area (Å²) in [6.45, 7) is 5.08. The maximum atomic E-state index is 12.5. The van der Waals surface area contributed by atoms with Crippen LogP contribution < -0.4 is 5.73 Å². The quantitative estimate of drug-likeness (QED) is 0.841. The zero-order valence-corrected chi connectivity index (χ0v) is 14.5. The van der Waals surface area contributed by atoms with E-state index >= 15 is 0 Å². The molecular weight excluding hydrogens is 298 g/mol. The number of carbonyl (C=O) groups is 1. The Balaban J connectivity index is 0.00000176. The summed E-state index contributed by atoms with van der Waals surface area (Å²) in [6, 6.07) is -0.261. The number of halogens is 1. The van der Waals surface area contributed by atoms with Crippen molar-refractivity contribution in [2.75, 3.05) is 32.7 Å². The molecule has 3 rings (SSSR count). The van der Waals surface area contributed by atoms with Crippen molar-refractivity contribution in [3.8, 4) is 0 Å². The van der Waals surface area contributed by atoms with E-state index in [1.807, 2.05) is 4.90 Å². The van der Waals surface area contributed by atoms with Crippen LogP contribution in [-0.4, -0.2) is 54.5 Å². The molecule has 0 spiro atoms. The van der Waals surface area contributed by atoms with Crippen LogP contribution in [0.4, 0.5) is 0 Å². The van der Waals surface area contributed by atoms with Crippen LogP contribution in [-0.2, 0) is 4.79 Å². The fraction of sp³-hybridized carbons (Fsp3) is 0.941. The molecule has 128 valence electrons. The first-order valence-corrected chi connectivity index (χ1v) is 8.99. The van der Waals surface area contributed by atoms with Crippen molar-refractivity contribution in [2.45, 2.75) is 57.4 Å². The zero-order valence-electron chi connectivity index (χ0n) is 13.7. The van der Waals surface area contributed by atoms with Crippen LogP contribution in [0.15, 0.2) is 0 Å². The summed E-state index contributed by atoms with van der Waals surface area (Å²) in [4.78, 5) is 17.0. The lowest BCUT2D eigenvalue weighted by Crippen LogP contribution is -2.53. The molecule has 0 bridgehead atoms. The molecule has 3 aliphatic rings. The summed E-state index contributed by atoms with van der Waals surface area (Å²) >= 11 is 0. The van der Waals surface area contributed by atoms with E-state index in [-0.39, 0.29) is 24.4 Å². The van der Waals surface area contributed by atoms with Crippen LogP contribution in [0, 0.1) is 11.8 Å². The van der Waals surface area contributed by atoms with Crippen molar-refractivity contribution in [2.24, 2.45) is 17.6 Å². The molecule has 2 saturated carbocycles. The largest absolute Gasteiger partial charge is 0.339 e. The molecule has 0 aromatic carbocycles. The van der Waals surface area contributed by atoms with Crippen LogP contribution in [0.1, 0.15) is 51.4 Å². The number of nitrogens with two attached hydrogens (primary N) is 1. The Labute approximate surface area is 141 Å². The second kappa shape index (κ2) is 8.51. The number of amides is 1. The molecule has 2 aliphatic carbocycles. The van der Waals surface area contributed by atoms with Gasteiger partial charge < -0.3 is 10.6 Å². The van der Waals surface area contributed by atoms with E-state index < -0.39 is 0 Å². The van der Waals surface area contributed by atoms with Gasteiger partial charge in [-0.05, 0) is 31.1 Å². The number of hydrogen-bond acceptors (Lipinski definition) is 3. The predicted molar refractivity (Wildman–Crippen MR) is 92.2 cm³/mol. The Morgan fingerprint density at radius 1 is 0.955 bits per heavy atom. The molecule has 0 aromatic heterocycles. The zero-order chi connectivity index (χ0) is 14.7. The van der Waals surface area contributed by atoms with Crippen molar-refractivity contribution in [3.05, 3.63) is 0 Å². The average Bonchev–Trinajstić information content (AvgIpc) is 3.32. The summed E-state index contributed by atoms with van der Waals surface area (Å²) in [7, 11) is 0. The monoisotopic (exact) mass is 329 g/mol. The van der Waals surface area contributed by atoms with Gasteiger partial charge >= 0.3 is 0 Å². The topological polar surface area (TPSA) is 49.6 Å². The average molecular weight is 330 g/mol. The molecule has 1 saturated heterocycles. The highest BCUT2D eigenvalue weighted by Crippen LogP contribution is 2.30. The van der Waals surface area contributed by atoms with E-state index in [1.165, 1.54) is 51.5 Å². The highest BCUT2D eigenvalue weighted by molar-refractivity contribution is 5.85. The van der Waals surface area contributed by atoms with Crippen LogP contribution in [0.25, 0.3) is 0 Å². The van der Waals surface area contributed by atoms with E-state index in [0.717, 1.165) is 38.5 Å². The van der Waals surface area contributed by atoms with Gasteiger partial charge in [-0.25, -0.2) is 0 Å². The standard InChI is InChI=1S/C17H31N3O.ClH/c18-16(12-14-4-2-1-3-5-14)17(21)20-10-8-19(9-11-20)13-15-6-7-15;/h14-16H,1-13,18H2;1H. The predicted octanol–water partition coefficient (Wildman–Crippen LogP) is 2.26. The smallest absolute Gasteiger partial charge is 0.239 e. The maximum Gasteiger partial charge on any atom is 0.239 e. The van der Waals surface area contributed by atoms with E-state index in [0.29, 0.717) is 5.92 Å². The van der Waals surface area contributed by atoms with Gasteiger partial charge in [-0.1, -0.05) is 32.1 Å². The number of rotatable bonds is 5. The molecule has 5 heteroatoms. The fourth-order valence-corrected chi connectivity index (χ4v) is 3.93. The van der Waals surface area contributed by atoms with E-state index in [9.17, 15) is 4.79 Å². The molecule has 1 atom stereocenters. The fourth-order valence-electron chi connectivity index (χ4n) is 3.93. The molecule has 1 heterocycles. The Bertz CT molecular complexity index is 348. The van der Waals surface area contributed by atoms with Crippen LogP contribution in [0.2, 0.25) is 0 Å². The maximum absolute atomic E-state index is 12.5. The second-order valence-corrected chi connectivity index (χ2v) is 7.42. The third-order valence-corrected chi connectivity index (χ3v) is 5.53. The summed E-state index contributed by atoms with van der Waals surface area (Å²) in [5.74, 6) is 1.83. The Hall–Kier alpha value is -0.320. The number of hydrogen-bond donors (Lipinski definition) is 1. The van der Waals surface area contributed by atoms with Gasteiger partial charge in [0.25, 0.3) is 0 Å². The first-order valence-electron chi connectivity index (χ1n) is 8.99. The Morgan fingerprint density at radius 2 is 1.59 bits per heavy atom. The van der Waals surface area contributed by atoms with Crippen molar-refractivity contribution >= 4 is 18.3 Å². The van der Waals surface area contributed by atoms with Crippen LogP contribution in [0.3, 0.4) is 0 Å². The van der Waals surface area contributed by atoms with Gasteiger partial charge in [0.2, 0.25) is 5.91 Å². The molecule has 22 heavy (non-hydrogen) atoms. The van der Waals surface area contributed by atoms with Gasteiger partial charge in [0.1, 0.15) is 0 Å². The highest BCUT2D eigenvalue weighted by Gasteiger charge is 2.30. The summed E-state index contributed by atoms with van der Waals surface area (Å²) in [6.07, 6.45) is 10.3. The summed E-state index contributed by atoms with van der Waals surface area (Å²) < 4.78 is 0. The second-order valence-electron chi connectivity index (χ2n) is 7.42. The SMILES string of the molecule is Cl.NC(CC1CCCCC1)C(=O)N1CCN(CC2CC2)CC1. The van der Waals surface area contributed by atoms with Crippen LogP contribution in [0.5, 0.6) is 0 Å². The van der Waals surface area contributed by atoms with Gasteiger partial charge in [0.05, 0.1) is 6.04 Å². The molecule has 1 aliphatic heterocycles. The van der Waals surface area contributed by atoms with E-state index in [4.69, 9.17) is 5.73 Å². The van der Waals surface area contributed by atoms with Crippen molar-refractivity contribution in [3.63, 3.8) is 0 Å². The minimum Gasteiger partial charge on any atom is -0.339 e. The molecule has 2 N–H and O–H groups in total. The van der Waals surface area contributed by atoms with E-state index in [1.54, 1.807) is 0 Å². The van der Waals surface area contributed by atoms with Crippen molar-refractivity contribution in [1.29, 1.82) is 0 Å². The lowest BCUT2D eigenvalue weighted by atomic mass is 9.84. The van der Waals surface area contributed by atoms with Gasteiger partial charge in [0.15, 0.2) is 0 Å². The minimum absolute atomic E-state index is 0. The molecule has 1 unspecified atom stereocenters. The molecule has 4 nitrogen and oxygen atoms in total. The minimum atomic E-state index is -0.261. The Kier molecular flexibility index (Phi) is 6.97. The first-order chi connectivity index (χ1) is 10.2. The number of carbonyl (C=O) groups excluding carboxylic acids is 1. The molecular formula is C17H32ClN3O. The van der Waals surface area contributed by atoms with Gasteiger partial charge in [-0.15, -0.1) is 12.4 Å². The van der Waals surface area contributed by atoms with Gasteiger partial charge in [-0.2, -0.15) is 0 Å². The molecule has 0 radical (unpaired) electrons. The molecule has 3 fully saturated rings. The third-order valence-electron chi connectivity index (χ3n) is 5.53. The Morgan fingerprint density at radius 3 is 2.18 bits per heavy atom. The normalized spacial score (nSPS) is 25.6. The number of nitrogens with zero attached hydrogens (tertiary/aromatic N) is 2. The molecule has 0 aromatic rings. The van der Waals surface area contributed by atoms with Gasteiger partial charge in [-0.3, -0.25) is 9.69 Å². The number of piperazine rings is 1.